The number of rotatable bonds is 7. The van der Waals surface area contributed by atoms with Gasteiger partial charge in [-0.1, -0.05) is 18.2 Å². The lowest BCUT2D eigenvalue weighted by molar-refractivity contribution is 0.0606. The third-order valence-corrected chi connectivity index (χ3v) is 4.82. The van der Waals surface area contributed by atoms with E-state index in [1.807, 2.05) is 49.7 Å². The first-order chi connectivity index (χ1) is 12.0. The second-order valence-corrected chi connectivity index (χ2v) is 6.91. The number of hydrogen-bond acceptors (Lipinski definition) is 5. The number of aliphatic hydroxyl groups is 1. The fourth-order valence-corrected chi connectivity index (χ4v) is 3.50. The summed E-state index contributed by atoms with van der Waals surface area (Å²) >= 11 is 0. The Bertz CT molecular complexity index is 700. The summed E-state index contributed by atoms with van der Waals surface area (Å²) in [4.78, 5) is 6.72. The predicted octanol–water partition coefficient (Wildman–Crippen LogP) is 2.11. The molecule has 0 saturated carbocycles. The van der Waals surface area contributed by atoms with Gasteiger partial charge in [0.2, 0.25) is 0 Å². The lowest BCUT2D eigenvalue weighted by Gasteiger charge is -2.27. The maximum absolute atomic E-state index is 10.4. The molecule has 1 aliphatic heterocycles. The number of aliphatic hydroxyl groups excluding tert-OH is 1. The highest BCUT2D eigenvalue weighted by molar-refractivity contribution is 5.31. The Balaban J connectivity index is 1.52. The number of likely N-dealkylation sites (tertiary alicyclic amines) is 1. The van der Waals surface area contributed by atoms with E-state index in [0.717, 1.165) is 48.9 Å². The first-order valence-corrected chi connectivity index (χ1v) is 9.01. The topological polar surface area (TPSA) is 63.4 Å². The molecule has 1 saturated heterocycles. The van der Waals surface area contributed by atoms with Crippen molar-refractivity contribution in [3.05, 3.63) is 41.5 Å². The molecule has 1 fully saturated rings. The molecule has 0 aliphatic carbocycles. The van der Waals surface area contributed by atoms with Crippen molar-refractivity contribution in [3.63, 3.8) is 0 Å². The summed E-state index contributed by atoms with van der Waals surface area (Å²) in [7, 11) is 0. The molecule has 0 amide bonds. The number of β-amino-alcohol motifs (C(OH)–C–C–N with tert-alkyl or cyclic N) is 1. The summed E-state index contributed by atoms with van der Waals surface area (Å²) in [6.07, 6.45) is 1.78. The van der Waals surface area contributed by atoms with Crippen LogP contribution in [0, 0.1) is 20.8 Å². The van der Waals surface area contributed by atoms with Gasteiger partial charge >= 0.3 is 0 Å². The van der Waals surface area contributed by atoms with Crippen LogP contribution in [0.25, 0.3) is 0 Å². The Morgan fingerprint density at radius 1 is 1.28 bits per heavy atom. The smallest absolute Gasteiger partial charge is 0.147 e. The van der Waals surface area contributed by atoms with Gasteiger partial charge in [-0.25, -0.2) is 9.67 Å². The van der Waals surface area contributed by atoms with E-state index in [2.05, 4.69) is 15.0 Å². The van der Waals surface area contributed by atoms with E-state index in [0.29, 0.717) is 19.2 Å². The van der Waals surface area contributed by atoms with E-state index in [1.165, 1.54) is 0 Å². The van der Waals surface area contributed by atoms with Crippen LogP contribution in [-0.2, 0) is 6.54 Å². The number of hydrogen-bond donors (Lipinski definition) is 1. The van der Waals surface area contributed by atoms with Crippen LogP contribution < -0.4 is 4.74 Å². The summed E-state index contributed by atoms with van der Waals surface area (Å²) in [6.45, 7) is 8.71. The minimum Gasteiger partial charge on any atom is -0.491 e. The van der Waals surface area contributed by atoms with Crippen LogP contribution in [0.2, 0.25) is 0 Å². The molecule has 1 aromatic carbocycles. The maximum atomic E-state index is 10.4. The van der Waals surface area contributed by atoms with Gasteiger partial charge in [-0.2, -0.15) is 5.10 Å². The number of aromatic nitrogens is 3. The van der Waals surface area contributed by atoms with E-state index >= 15 is 0 Å². The summed E-state index contributed by atoms with van der Waals surface area (Å²) in [6, 6.07) is 8.29. The molecule has 6 nitrogen and oxygen atoms in total. The minimum atomic E-state index is -0.501. The first-order valence-electron chi connectivity index (χ1n) is 9.01. The van der Waals surface area contributed by atoms with E-state index in [-0.39, 0.29) is 0 Å². The molecule has 1 aliphatic rings. The van der Waals surface area contributed by atoms with Crippen LogP contribution in [0.5, 0.6) is 5.75 Å². The first kappa shape index (κ1) is 17.9. The van der Waals surface area contributed by atoms with Gasteiger partial charge in [0.15, 0.2) is 0 Å². The highest BCUT2D eigenvalue weighted by atomic mass is 16.5. The van der Waals surface area contributed by atoms with E-state index in [9.17, 15) is 5.11 Å². The van der Waals surface area contributed by atoms with Crippen LogP contribution in [0.4, 0.5) is 0 Å². The monoisotopic (exact) mass is 344 g/mol. The highest BCUT2D eigenvalue weighted by Crippen LogP contribution is 2.20. The summed E-state index contributed by atoms with van der Waals surface area (Å²) in [5.41, 5.74) is 1.09. The van der Waals surface area contributed by atoms with Gasteiger partial charge in [-0.15, -0.1) is 0 Å². The molecular weight excluding hydrogens is 316 g/mol. The SMILES string of the molecule is Cc1nc(C)n(C[C@H]2CCCN2C[C@@H](O)COc2ccccc2C)n1. The molecular formula is C19H28N4O2. The Kier molecular flexibility index (Phi) is 5.71. The van der Waals surface area contributed by atoms with Gasteiger partial charge in [0.05, 0.1) is 6.54 Å². The molecule has 25 heavy (non-hydrogen) atoms. The standard InChI is InChI=1S/C19H28N4O2/c1-14-7-4-5-9-19(14)25-13-18(24)12-22-10-6-8-17(22)11-23-16(3)20-15(2)21-23/h4-5,7,9,17-18,24H,6,8,10-13H2,1-3H3/t17-,18-/m1/s1. The zero-order valence-electron chi connectivity index (χ0n) is 15.4. The van der Waals surface area contributed by atoms with Crippen LogP contribution in [0.1, 0.15) is 30.1 Å². The van der Waals surface area contributed by atoms with Gasteiger partial charge in [0, 0.05) is 12.6 Å². The van der Waals surface area contributed by atoms with E-state index < -0.39 is 6.10 Å². The van der Waals surface area contributed by atoms with Gasteiger partial charge in [-0.05, 0) is 51.8 Å². The second-order valence-electron chi connectivity index (χ2n) is 6.91. The zero-order valence-corrected chi connectivity index (χ0v) is 15.4. The quantitative estimate of drug-likeness (QED) is 0.833. The Hall–Kier alpha value is -1.92. The molecule has 1 N–H and O–H groups in total. The van der Waals surface area contributed by atoms with Crippen molar-refractivity contribution in [3.8, 4) is 5.75 Å². The van der Waals surface area contributed by atoms with Crippen molar-refractivity contribution in [1.29, 1.82) is 0 Å². The van der Waals surface area contributed by atoms with Gasteiger partial charge in [0.25, 0.3) is 0 Å². The highest BCUT2D eigenvalue weighted by Gasteiger charge is 2.27. The molecule has 136 valence electrons. The third kappa shape index (κ3) is 4.58. The number of nitrogens with zero attached hydrogens (tertiary/aromatic N) is 4. The molecule has 0 unspecified atom stereocenters. The molecule has 3 rings (SSSR count). The number of ether oxygens (including phenoxy) is 1. The Morgan fingerprint density at radius 2 is 2.08 bits per heavy atom. The van der Waals surface area contributed by atoms with Crippen molar-refractivity contribution in [2.45, 2.75) is 52.3 Å². The molecule has 0 spiro atoms. The fourth-order valence-electron chi connectivity index (χ4n) is 3.50. The van der Waals surface area contributed by atoms with Crippen molar-refractivity contribution < 1.29 is 9.84 Å². The van der Waals surface area contributed by atoms with E-state index in [4.69, 9.17) is 4.74 Å². The zero-order chi connectivity index (χ0) is 17.8. The third-order valence-electron chi connectivity index (χ3n) is 4.82. The second kappa shape index (κ2) is 7.97. The van der Waals surface area contributed by atoms with Gasteiger partial charge < -0.3 is 9.84 Å². The molecule has 6 heteroatoms. The Labute approximate surface area is 149 Å². The van der Waals surface area contributed by atoms with Crippen molar-refractivity contribution in [1.82, 2.24) is 19.7 Å². The summed E-state index contributed by atoms with van der Waals surface area (Å²) in [5, 5.41) is 14.9. The number of benzene rings is 1. The van der Waals surface area contributed by atoms with Crippen molar-refractivity contribution in [2.75, 3.05) is 19.7 Å². The van der Waals surface area contributed by atoms with Crippen LogP contribution in [-0.4, -0.2) is 56.6 Å². The fraction of sp³-hybridized carbons (Fsp3) is 0.579. The predicted molar refractivity (Wildman–Crippen MR) is 96.8 cm³/mol. The maximum Gasteiger partial charge on any atom is 0.147 e. The average Bonchev–Trinajstić information content (AvgIpc) is 3.13. The average molecular weight is 344 g/mol. The molecule has 2 atom stereocenters. The van der Waals surface area contributed by atoms with Crippen LogP contribution >= 0.6 is 0 Å². The van der Waals surface area contributed by atoms with Gasteiger partial charge in [-0.3, -0.25) is 4.90 Å². The van der Waals surface area contributed by atoms with E-state index in [1.54, 1.807) is 0 Å². The van der Waals surface area contributed by atoms with Crippen molar-refractivity contribution in [2.24, 2.45) is 0 Å². The number of para-hydroxylation sites is 1. The lowest BCUT2D eigenvalue weighted by atomic mass is 10.2. The van der Waals surface area contributed by atoms with Crippen LogP contribution in [0.15, 0.2) is 24.3 Å². The molecule has 0 radical (unpaired) electrons. The van der Waals surface area contributed by atoms with Gasteiger partial charge in [0.1, 0.15) is 30.1 Å². The number of aryl methyl sites for hydroxylation is 3. The normalized spacial score (nSPS) is 19.3. The molecule has 2 aromatic rings. The largest absolute Gasteiger partial charge is 0.491 e. The lowest BCUT2D eigenvalue weighted by Crippen LogP contribution is -2.40. The molecule has 2 heterocycles. The summed E-state index contributed by atoms with van der Waals surface area (Å²) in [5.74, 6) is 2.61. The molecule has 1 aromatic heterocycles. The van der Waals surface area contributed by atoms with Crippen LogP contribution in [0.3, 0.4) is 0 Å². The minimum absolute atomic E-state index is 0.315. The van der Waals surface area contributed by atoms with Crippen molar-refractivity contribution >= 4 is 0 Å². The summed E-state index contributed by atoms with van der Waals surface area (Å²) < 4.78 is 7.76. The molecule has 0 bridgehead atoms. The Morgan fingerprint density at radius 3 is 2.80 bits per heavy atom.